The lowest BCUT2D eigenvalue weighted by Gasteiger charge is -2.09. The van der Waals surface area contributed by atoms with Gasteiger partial charge in [0.05, 0.1) is 6.61 Å². The van der Waals surface area contributed by atoms with Gasteiger partial charge in [-0.2, -0.15) is 0 Å². The maximum Gasteiger partial charge on any atom is 0.354 e. The van der Waals surface area contributed by atoms with E-state index >= 15 is 0 Å². The first-order chi connectivity index (χ1) is 8.52. The first-order valence-electron chi connectivity index (χ1n) is 5.53. The Balaban J connectivity index is 2.49. The molecule has 0 fully saturated rings. The van der Waals surface area contributed by atoms with E-state index in [1.807, 2.05) is 19.1 Å². The van der Waals surface area contributed by atoms with Crippen molar-refractivity contribution < 1.29 is 14.3 Å². The maximum absolute atomic E-state index is 11.5. The fraction of sp³-hybridized carbons (Fsp3) is 0.231. The molecule has 2 N–H and O–H groups in total. The van der Waals surface area contributed by atoms with Crippen LogP contribution in [0.5, 0.6) is 0 Å². The number of carbonyl (C=O) groups excluding carboxylic acids is 2. The molecule has 0 atom stereocenters. The van der Waals surface area contributed by atoms with Crippen molar-refractivity contribution in [3.8, 4) is 0 Å². The number of amides is 2. The predicted molar refractivity (Wildman–Crippen MR) is 69.1 cm³/mol. The lowest BCUT2D eigenvalue weighted by atomic mass is 10.2. The Kier molecular flexibility index (Phi) is 4.92. The molecule has 0 spiro atoms. The number of aryl methyl sites for hydroxylation is 1. The number of carbonyl (C=O) groups is 2. The molecule has 0 unspecified atom stereocenters. The second kappa shape index (κ2) is 6.44. The summed E-state index contributed by atoms with van der Waals surface area (Å²) in [6.45, 7) is 7.29. The number of rotatable bonds is 4. The van der Waals surface area contributed by atoms with Crippen molar-refractivity contribution in [1.82, 2.24) is 5.32 Å². The lowest BCUT2D eigenvalue weighted by Crippen LogP contribution is -2.31. The second-order valence-corrected chi connectivity index (χ2v) is 3.64. The number of hydrogen-bond donors (Lipinski definition) is 2. The third kappa shape index (κ3) is 4.29. The summed E-state index contributed by atoms with van der Waals surface area (Å²) in [5, 5.41) is 4.89. The number of urea groups is 1. The van der Waals surface area contributed by atoms with E-state index in [-0.39, 0.29) is 12.3 Å². The van der Waals surface area contributed by atoms with E-state index in [0.717, 1.165) is 5.56 Å². The van der Waals surface area contributed by atoms with Gasteiger partial charge >= 0.3 is 12.0 Å². The summed E-state index contributed by atoms with van der Waals surface area (Å²) < 4.78 is 4.69. The summed E-state index contributed by atoms with van der Waals surface area (Å²) in [4.78, 5) is 22.7. The van der Waals surface area contributed by atoms with Crippen LogP contribution in [-0.4, -0.2) is 18.6 Å². The van der Waals surface area contributed by atoms with Crippen molar-refractivity contribution in [2.45, 2.75) is 13.8 Å². The van der Waals surface area contributed by atoms with Gasteiger partial charge < -0.3 is 15.4 Å². The van der Waals surface area contributed by atoms with Gasteiger partial charge in [0.15, 0.2) is 0 Å². The number of benzene rings is 1. The minimum atomic E-state index is -0.642. The van der Waals surface area contributed by atoms with Crippen LogP contribution in [0.1, 0.15) is 12.5 Å². The Labute approximate surface area is 106 Å². The molecule has 0 bridgehead atoms. The molecule has 0 aliphatic heterocycles. The van der Waals surface area contributed by atoms with Gasteiger partial charge in [0.25, 0.3) is 0 Å². The van der Waals surface area contributed by atoms with E-state index in [2.05, 4.69) is 21.9 Å². The quantitative estimate of drug-likeness (QED) is 0.634. The summed E-state index contributed by atoms with van der Waals surface area (Å²) in [5.74, 6) is -0.642. The van der Waals surface area contributed by atoms with E-state index in [9.17, 15) is 9.59 Å². The van der Waals surface area contributed by atoms with Crippen molar-refractivity contribution in [3.63, 3.8) is 0 Å². The average molecular weight is 248 g/mol. The van der Waals surface area contributed by atoms with E-state index in [0.29, 0.717) is 5.69 Å². The molecule has 2 amide bonds. The van der Waals surface area contributed by atoms with Gasteiger partial charge in [0.2, 0.25) is 0 Å². The van der Waals surface area contributed by atoms with Crippen LogP contribution < -0.4 is 10.6 Å². The molecule has 5 nitrogen and oxygen atoms in total. The number of ether oxygens (including phenoxy) is 1. The zero-order valence-electron chi connectivity index (χ0n) is 10.4. The van der Waals surface area contributed by atoms with Crippen LogP contribution in [0.3, 0.4) is 0 Å². The van der Waals surface area contributed by atoms with Crippen LogP contribution in [0.25, 0.3) is 0 Å². The van der Waals surface area contributed by atoms with Crippen LogP contribution in [0.15, 0.2) is 36.5 Å². The number of anilines is 1. The van der Waals surface area contributed by atoms with Crippen molar-refractivity contribution in [2.24, 2.45) is 0 Å². The van der Waals surface area contributed by atoms with Crippen LogP contribution in [0.2, 0.25) is 0 Å². The van der Waals surface area contributed by atoms with Crippen LogP contribution in [-0.2, 0) is 9.53 Å². The van der Waals surface area contributed by atoms with Crippen molar-refractivity contribution in [3.05, 3.63) is 42.1 Å². The van der Waals surface area contributed by atoms with Crippen molar-refractivity contribution in [2.75, 3.05) is 11.9 Å². The van der Waals surface area contributed by atoms with Gasteiger partial charge in [-0.3, -0.25) is 0 Å². The van der Waals surface area contributed by atoms with Crippen LogP contribution in [0, 0.1) is 6.92 Å². The molecule has 0 aliphatic rings. The van der Waals surface area contributed by atoms with E-state index < -0.39 is 12.0 Å². The van der Waals surface area contributed by atoms with Gasteiger partial charge in [0, 0.05) is 5.69 Å². The third-order valence-electron chi connectivity index (χ3n) is 2.10. The van der Waals surface area contributed by atoms with E-state index in [4.69, 9.17) is 0 Å². The molecule has 1 rings (SSSR count). The Hall–Kier alpha value is -2.30. The van der Waals surface area contributed by atoms with Crippen molar-refractivity contribution >= 4 is 17.7 Å². The Bertz CT molecular complexity index is 452. The topological polar surface area (TPSA) is 67.4 Å². The van der Waals surface area contributed by atoms with Crippen molar-refractivity contribution in [1.29, 1.82) is 0 Å². The highest BCUT2D eigenvalue weighted by Gasteiger charge is 2.11. The molecule has 0 aromatic heterocycles. The zero-order valence-corrected chi connectivity index (χ0v) is 10.4. The first-order valence-corrected chi connectivity index (χ1v) is 5.53. The Morgan fingerprint density at radius 1 is 1.28 bits per heavy atom. The molecule has 1 aromatic carbocycles. The average Bonchev–Trinajstić information content (AvgIpc) is 2.32. The largest absolute Gasteiger partial charge is 0.461 e. The molecular formula is C13H16N2O3. The van der Waals surface area contributed by atoms with Gasteiger partial charge in [-0.25, -0.2) is 9.59 Å². The van der Waals surface area contributed by atoms with Gasteiger partial charge in [-0.05, 0) is 26.0 Å². The Morgan fingerprint density at radius 3 is 2.44 bits per heavy atom. The summed E-state index contributed by atoms with van der Waals surface area (Å²) in [6, 6.07) is 6.74. The highest BCUT2D eigenvalue weighted by molar-refractivity contribution is 5.97. The highest BCUT2D eigenvalue weighted by atomic mass is 16.5. The number of hydrogen-bond acceptors (Lipinski definition) is 3. The highest BCUT2D eigenvalue weighted by Crippen LogP contribution is 2.08. The molecule has 0 heterocycles. The van der Waals surface area contributed by atoms with Crippen LogP contribution in [0.4, 0.5) is 10.5 Å². The fourth-order valence-corrected chi connectivity index (χ4v) is 1.21. The zero-order chi connectivity index (χ0) is 13.5. The normalized spacial score (nSPS) is 9.44. The van der Waals surface area contributed by atoms with Crippen LogP contribution >= 0.6 is 0 Å². The minimum absolute atomic E-state index is 0.0959. The standard InChI is InChI=1S/C13H16N2O3/c1-4-18-12(16)10(3)14-13(17)15-11-7-5-9(2)6-8-11/h5-8H,3-4H2,1-2H3,(H2,14,15,17). The third-order valence-corrected chi connectivity index (χ3v) is 2.10. The van der Waals surface area contributed by atoms with Gasteiger partial charge in [-0.15, -0.1) is 0 Å². The maximum atomic E-state index is 11.5. The SMILES string of the molecule is C=C(NC(=O)Nc1ccc(C)cc1)C(=O)OCC. The summed E-state index contributed by atoms with van der Waals surface area (Å²) in [6.07, 6.45) is 0. The lowest BCUT2D eigenvalue weighted by molar-refractivity contribution is -0.138. The predicted octanol–water partition coefficient (Wildman–Crippen LogP) is 2.19. The Morgan fingerprint density at radius 2 is 1.89 bits per heavy atom. The summed E-state index contributed by atoms with van der Waals surface area (Å²) in [7, 11) is 0. The second-order valence-electron chi connectivity index (χ2n) is 3.64. The van der Waals surface area contributed by atoms with E-state index in [1.54, 1.807) is 19.1 Å². The molecule has 96 valence electrons. The molecule has 0 radical (unpaired) electrons. The summed E-state index contributed by atoms with van der Waals surface area (Å²) in [5.41, 5.74) is 1.63. The molecule has 1 aromatic rings. The van der Waals surface area contributed by atoms with E-state index in [1.165, 1.54) is 0 Å². The monoisotopic (exact) mass is 248 g/mol. The number of esters is 1. The molecule has 0 saturated heterocycles. The first kappa shape index (κ1) is 13.8. The smallest absolute Gasteiger partial charge is 0.354 e. The summed E-state index contributed by atoms with van der Waals surface area (Å²) >= 11 is 0. The molecule has 18 heavy (non-hydrogen) atoms. The van der Waals surface area contributed by atoms with Gasteiger partial charge in [0.1, 0.15) is 5.70 Å². The number of nitrogens with one attached hydrogen (secondary N) is 2. The molecule has 0 aliphatic carbocycles. The minimum Gasteiger partial charge on any atom is -0.461 e. The van der Waals surface area contributed by atoms with Gasteiger partial charge in [-0.1, -0.05) is 24.3 Å². The fourth-order valence-electron chi connectivity index (χ4n) is 1.21. The molecule has 5 heteroatoms. The molecular weight excluding hydrogens is 232 g/mol. The molecule has 0 saturated carbocycles.